The van der Waals surface area contributed by atoms with Crippen molar-refractivity contribution in [2.45, 2.75) is 6.42 Å². The summed E-state index contributed by atoms with van der Waals surface area (Å²) < 4.78 is 0. The Morgan fingerprint density at radius 3 is 2.71 bits per heavy atom. The SMILES string of the molecule is N=C/C=C\CCN. The molecule has 2 heteroatoms. The van der Waals surface area contributed by atoms with Crippen molar-refractivity contribution in [3.05, 3.63) is 12.2 Å². The zero-order valence-electron chi connectivity index (χ0n) is 4.22. The van der Waals surface area contributed by atoms with E-state index in [0.717, 1.165) is 6.42 Å². The Morgan fingerprint density at radius 2 is 2.29 bits per heavy atom. The number of hydrogen-bond donors (Lipinski definition) is 2. The second kappa shape index (κ2) is 5.37. The van der Waals surface area contributed by atoms with Crippen LogP contribution in [-0.4, -0.2) is 12.8 Å². The molecule has 2 nitrogen and oxygen atoms in total. The van der Waals surface area contributed by atoms with Gasteiger partial charge in [0.25, 0.3) is 0 Å². The van der Waals surface area contributed by atoms with E-state index in [1.54, 1.807) is 6.08 Å². The monoisotopic (exact) mass is 98.1 g/mol. The van der Waals surface area contributed by atoms with Gasteiger partial charge in [-0.25, -0.2) is 0 Å². The van der Waals surface area contributed by atoms with E-state index >= 15 is 0 Å². The first-order valence-electron chi connectivity index (χ1n) is 2.27. The summed E-state index contributed by atoms with van der Waals surface area (Å²) in [5.41, 5.74) is 5.14. The van der Waals surface area contributed by atoms with Gasteiger partial charge in [0.1, 0.15) is 0 Å². The van der Waals surface area contributed by atoms with E-state index < -0.39 is 0 Å². The average Bonchev–Trinajstić information content (AvgIpc) is 1.69. The average molecular weight is 98.1 g/mol. The van der Waals surface area contributed by atoms with Crippen molar-refractivity contribution in [2.24, 2.45) is 5.73 Å². The Kier molecular flexibility index (Phi) is 4.89. The predicted octanol–water partition coefficient (Wildman–Crippen LogP) is 0.541. The van der Waals surface area contributed by atoms with Crippen LogP contribution in [0.25, 0.3) is 0 Å². The molecule has 0 aliphatic carbocycles. The summed E-state index contributed by atoms with van der Waals surface area (Å²) in [6, 6.07) is 0. The minimum Gasteiger partial charge on any atom is -0.330 e. The Labute approximate surface area is 43.5 Å². The number of nitrogens with two attached hydrogens (primary N) is 1. The molecule has 0 aromatic rings. The first kappa shape index (κ1) is 6.37. The Balaban J connectivity index is 2.92. The van der Waals surface area contributed by atoms with Crippen LogP contribution in [0.2, 0.25) is 0 Å². The molecule has 0 atom stereocenters. The van der Waals surface area contributed by atoms with Crippen LogP contribution >= 0.6 is 0 Å². The molecule has 7 heavy (non-hydrogen) atoms. The Hall–Kier alpha value is -0.630. The van der Waals surface area contributed by atoms with Crippen molar-refractivity contribution in [1.29, 1.82) is 5.41 Å². The standard InChI is InChI=1S/C5H10N2/c6-4-2-1-3-5-7/h1-2,4,6H,3,5,7H2/b2-1-,6-4?. The van der Waals surface area contributed by atoms with Crippen LogP contribution in [0.3, 0.4) is 0 Å². The summed E-state index contributed by atoms with van der Waals surface area (Å²) in [4.78, 5) is 0. The highest BCUT2D eigenvalue weighted by Crippen LogP contribution is 1.73. The summed E-state index contributed by atoms with van der Waals surface area (Å²) in [6.45, 7) is 0.671. The highest BCUT2D eigenvalue weighted by Gasteiger charge is 1.66. The van der Waals surface area contributed by atoms with E-state index in [9.17, 15) is 0 Å². The van der Waals surface area contributed by atoms with Crippen LogP contribution < -0.4 is 5.73 Å². The lowest BCUT2D eigenvalue weighted by Crippen LogP contribution is -1.94. The minimum atomic E-state index is 0.671. The lowest BCUT2D eigenvalue weighted by molar-refractivity contribution is 1.01. The predicted molar refractivity (Wildman–Crippen MR) is 31.6 cm³/mol. The van der Waals surface area contributed by atoms with Crippen molar-refractivity contribution >= 4 is 6.21 Å². The molecule has 0 saturated carbocycles. The molecular formula is C5H10N2. The van der Waals surface area contributed by atoms with Gasteiger partial charge in [-0.2, -0.15) is 0 Å². The molecule has 0 radical (unpaired) electrons. The number of nitrogens with one attached hydrogen (secondary N) is 1. The lowest BCUT2D eigenvalue weighted by Gasteiger charge is -1.77. The van der Waals surface area contributed by atoms with E-state index in [-0.39, 0.29) is 0 Å². The smallest absolute Gasteiger partial charge is 0.0174 e. The highest BCUT2D eigenvalue weighted by atomic mass is 14.5. The molecule has 0 unspecified atom stereocenters. The van der Waals surface area contributed by atoms with Gasteiger partial charge in [0, 0.05) is 6.21 Å². The molecule has 0 heterocycles. The molecule has 0 aromatic carbocycles. The molecule has 0 aliphatic heterocycles. The molecule has 40 valence electrons. The maximum atomic E-state index is 6.53. The molecule has 0 amide bonds. The summed E-state index contributed by atoms with van der Waals surface area (Å²) in [7, 11) is 0. The van der Waals surface area contributed by atoms with Crippen LogP contribution in [0.5, 0.6) is 0 Å². The third-order valence-corrected chi connectivity index (χ3v) is 0.566. The number of allylic oxidation sites excluding steroid dienone is 1. The third kappa shape index (κ3) is 5.37. The zero-order chi connectivity index (χ0) is 5.54. The number of rotatable bonds is 3. The molecule has 0 aromatic heterocycles. The zero-order valence-corrected chi connectivity index (χ0v) is 4.22. The van der Waals surface area contributed by atoms with Gasteiger partial charge >= 0.3 is 0 Å². The largest absolute Gasteiger partial charge is 0.330 e. The lowest BCUT2D eigenvalue weighted by atomic mass is 10.4. The maximum absolute atomic E-state index is 6.53. The first-order valence-corrected chi connectivity index (χ1v) is 2.27. The van der Waals surface area contributed by atoms with E-state index in [1.165, 1.54) is 6.21 Å². The molecule has 0 spiro atoms. The van der Waals surface area contributed by atoms with Crippen molar-refractivity contribution in [1.82, 2.24) is 0 Å². The van der Waals surface area contributed by atoms with E-state index in [1.807, 2.05) is 6.08 Å². The van der Waals surface area contributed by atoms with Crippen LogP contribution in [0, 0.1) is 5.41 Å². The van der Waals surface area contributed by atoms with Gasteiger partial charge < -0.3 is 11.1 Å². The second-order valence-corrected chi connectivity index (χ2v) is 1.17. The van der Waals surface area contributed by atoms with Crippen molar-refractivity contribution in [2.75, 3.05) is 6.54 Å². The molecule has 0 bridgehead atoms. The maximum Gasteiger partial charge on any atom is 0.0174 e. The van der Waals surface area contributed by atoms with Gasteiger partial charge in [-0.3, -0.25) is 0 Å². The van der Waals surface area contributed by atoms with Gasteiger partial charge in [-0.15, -0.1) is 0 Å². The fraction of sp³-hybridized carbons (Fsp3) is 0.400. The van der Waals surface area contributed by atoms with Crippen LogP contribution in [0.1, 0.15) is 6.42 Å². The van der Waals surface area contributed by atoms with Crippen LogP contribution in [0.15, 0.2) is 12.2 Å². The van der Waals surface area contributed by atoms with Crippen molar-refractivity contribution < 1.29 is 0 Å². The summed E-state index contributed by atoms with van der Waals surface area (Å²) in [5.74, 6) is 0. The van der Waals surface area contributed by atoms with Gasteiger partial charge in [0.05, 0.1) is 0 Å². The molecular weight excluding hydrogens is 88.1 g/mol. The van der Waals surface area contributed by atoms with E-state index in [2.05, 4.69) is 0 Å². The minimum absolute atomic E-state index is 0.671. The second-order valence-electron chi connectivity index (χ2n) is 1.17. The van der Waals surface area contributed by atoms with Crippen molar-refractivity contribution in [3.63, 3.8) is 0 Å². The van der Waals surface area contributed by atoms with Gasteiger partial charge in [-0.1, -0.05) is 6.08 Å². The molecule has 0 rings (SSSR count). The summed E-state index contributed by atoms with van der Waals surface area (Å²) >= 11 is 0. The van der Waals surface area contributed by atoms with Crippen LogP contribution in [-0.2, 0) is 0 Å². The quantitative estimate of drug-likeness (QED) is 0.497. The summed E-state index contributed by atoms with van der Waals surface area (Å²) in [5, 5.41) is 6.53. The fourth-order valence-electron chi connectivity index (χ4n) is 0.260. The van der Waals surface area contributed by atoms with Crippen LogP contribution in [0.4, 0.5) is 0 Å². The van der Waals surface area contributed by atoms with Gasteiger partial charge in [0.2, 0.25) is 0 Å². The first-order chi connectivity index (χ1) is 3.41. The molecule has 3 N–H and O–H groups in total. The molecule has 0 aliphatic rings. The molecule has 0 saturated heterocycles. The third-order valence-electron chi connectivity index (χ3n) is 0.566. The Morgan fingerprint density at radius 1 is 1.57 bits per heavy atom. The van der Waals surface area contributed by atoms with Gasteiger partial charge in [0.15, 0.2) is 0 Å². The highest BCUT2D eigenvalue weighted by molar-refractivity contribution is 5.67. The van der Waals surface area contributed by atoms with E-state index in [4.69, 9.17) is 11.1 Å². The Bertz CT molecular complexity index is 66.5. The topological polar surface area (TPSA) is 49.9 Å². The molecule has 0 fully saturated rings. The fourth-order valence-corrected chi connectivity index (χ4v) is 0.260. The number of hydrogen-bond acceptors (Lipinski definition) is 2. The van der Waals surface area contributed by atoms with Crippen molar-refractivity contribution in [3.8, 4) is 0 Å². The normalized spacial score (nSPS) is 9.86. The van der Waals surface area contributed by atoms with Gasteiger partial charge in [-0.05, 0) is 19.0 Å². The van der Waals surface area contributed by atoms with E-state index in [0.29, 0.717) is 6.54 Å². The summed E-state index contributed by atoms with van der Waals surface area (Å²) in [6.07, 6.45) is 5.66.